The van der Waals surface area contributed by atoms with Crippen molar-refractivity contribution in [2.45, 2.75) is 13.0 Å². The van der Waals surface area contributed by atoms with E-state index < -0.39 is 11.6 Å². The van der Waals surface area contributed by atoms with Crippen LogP contribution in [0.5, 0.6) is 11.5 Å². The minimum absolute atomic E-state index is 0.0106. The molecular formula is C17H16F2N4O3. The van der Waals surface area contributed by atoms with Gasteiger partial charge in [-0.1, -0.05) is 0 Å². The molecule has 0 amide bonds. The molecule has 0 spiro atoms. The summed E-state index contributed by atoms with van der Waals surface area (Å²) in [7, 11) is 1.58. The molecular weight excluding hydrogens is 346 g/mol. The maximum atomic E-state index is 14.1. The number of hydrogen-bond donors (Lipinski definition) is 2. The summed E-state index contributed by atoms with van der Waals surface area (Å²) in [6, 6.07) is 5.44. The van der Waals surface area contributed by atoms with Crippen molar-refractivity contribution < 1.29 is 23.7 Å². The number of phenols is 2. The van der Waals surface area contributed by atoms with Gasteiger partial charge in [0.05, 0.1) is 5.56 Å². The molecule has 0 saturated carbocycles. The van der Waals surface area contributed by atoms with Crippen molar-refractivity contribution in [3.05, 3.63) is 42.0 Å². The van der Waals surface area contributed by atoms with E-state index >= 15 is 0 Å². The van der Waals surface area contributed by atoms with E-state index in [9.17, 15) is 19.0 Å². The van der Waals surface area contributed by atoms with Crippen molar-refractivity contribution in [2.24, 2.45) is 0 Å². The maximum Gasteiger partial charge on any atom is 0.185 e. The third kappa shape index (κ3) is 3.47. The fourth-order valence-corrected chi connectivity index (χ4v) is 2.59. The van der Waals surface area contributed by atoms with Crippen LogP contribution < -0.4 is 0 Å². The third-order valence-corrected chi connectivity index (χ3v) is 3.83. The van der Waals surface area contributed by atoms with Gasteiger partial charge in [-0.15, -0.1) is 5.10 Å². The molecule has 1 aromatic heterocycles. The van der Waals surface area contributed by atoms with Gasteiger partial charge in [0.2, 0.25) is 0 Å². The molecule has 3 rings (SSSR count). The molecule has 0 bridgehead atoms. The largest absolute Gasteiger partial charge is 0.507 e. The van der Waals surface area contributed by atoms with Gasteiger partial charge in [-0.3, -0.25) is 0 Å². The number of aryl methyl sites for hydroxylation is 1. The molecule has 0 saturated heterocycles. The fourth-order valence-electron chi connectivity index (χ4n) is 2.59. The summed E-state index contributed by atoms with van der Waals surface area (Å²) in [5.41, 5.74) is 0.286. The normalized spacial score (nSPS) is 11.0. The number of halogens is 2. The second-order valence-electron chi connectivity index (χ2n) is 5.58. The molecule has 0 radical (unpaired) electrons. The Morgan fingerprint density at radius 3 is 2.54 bits per heavy atom. The number of nitrogens with zero attached hydrogens (tertiary/aromatic N) is 4. The highest BCUT2D eigenvalue weighted by molar-refractivity contribution is 5.79. The Morgan fingerprint density at radius 1 is 1.04 bits per heavy atom. The molecule has 2 aromatic carbocycles. The molecule has 0 unspecified atom stereocenters. The van der Waals surface area contributed by atoms with Gasteiger partial charge in [-0.25, -0.2) is 13.5 Å². The molecule has 0 aliphatic carbocycles. The number of aromatic nitrogens is 4. The second kappa shape index (κ2) is 7.44. The van der Waals surface area contributed by atoms with Gasteiger partial charge in [0.25, 0.3) is 0 Å². The number of tetrazole rings is 1. The topological polar surface area (TPSA) is 93.3 Å². The minimum Gasteiger partial charge on any atom is -0.507 e. The molecule has 26 heavy (non-hydrogen) atoms. The van der Waals surface area contributed by atoms with Crippen molar-refractivity contribution in [2.75, 3.05) is 13.7 Å². The summed E-state index contributed by atoms with van der Waals surface area (Å²) in [5.74, 6) is -1.93. The number of aromatic hydroxyl groups is 2. The standard InChI is InChI=1S/C17H16F2N4O3/c1-26-6-2-5-23-17(20-21-22-23)13-8-12(15(24)9-16(13)25)11-4-3-10(18)7-14(11)19/h3-4,7-9,24-25H,2,5-6H2,1H3. The molecule has 9 heteroatoms. The molecule has 2 N–H and O–H groups in total. The summed E-state index contributed by atoms with van der Waals surface area (Å²) in [6.45, 7) is 0.948. The van der Waals surface area contributed by atoms with Gasteiger partial charge < -0.3 is 14.9 Å². The predicted octanol–water partition coefficient (Wildman–Crippen LogP) is 2.73. The van der Waals surface area contributed by atoms with Gasteiger partial charge in [-0.2, -0.15) is 0 Å². The number of methoxy groups -OCH3 is 1. The molecule has 0 aliphatic rings. The number of hydrogen-bond acceptors (Lipinski definition) is 6. The van der Waals surface area contributed by atoms with Crippen molar-refractivity contribution in [3.63, 3.8) is 0 Å². The van der Waals surface area contributed by atoms with Crippen molar-refractivity contribution >= 4 is 0 Å². The van der Waals surface area contributed by atoms with Gasteiger partial charge in [0, 0.05) is 43.5 Å². The van der Waals surface area contributed by atoms with E-state index in [0.29, 0.717) is 19.6 Å². The van der Waals surface area contributed by atoms with Crippen LogP contribution in [0.1, 0.15) is 6.42 Å². The van der Waals surface area contributed by atoms with Crippen molar-refractivity contribution in [1.29, 1.82) is 0 Å². The Hall–Kier alpha value is -3.07. The highest BCUT2D eigenvalue weighted by atomic mass is 19.1. The van der Waals surface area contributed by atoms with Crippen LogP contribution in [0.15, 0.2) is 30.3 Å². The van der Waals surface area contributed by atoms with Crippen LogP contribution in [-0.2, 0) is 11.3 Å². The lowest BCUT2D eigenvalue weighted by molar-refractivity contribution is 0.189. The van der Waals surface area contributed by atoms with Gasteiger partial charge >= 0.3 is 0 Å². The lowest BCUT2D eigenvalue weighted by Gasteiger charge is -2.11. The maximum absolute atomic E-state index is 14.1. The Labute approximate surface area is 147 Å². The van der Waals surface area contributed by atoms with Crippen LogP contribution in [-0.4, -0.2) is 44.1 Å². The Morgan fingerprint density at radius 2 is 1.81 bits per heavy atom. The van der Waals surface area contributed by atoms with Crippen LogP contribution in [0.2, 0.25) is 0 Å². The molecule has 0 fully saturated rings. The second-order valence-corrected chi connectivity index (χ2v) is 5.58. The van der Waals surface area contributed by atoms with Crippen molar-refractivity contribution in [3.8, 4) is 34.0 Å². The highest BCUT2D eigenvalue weighted by Crippen LogP contribution is 2.39. The van der Waals surface area contributed by atoms with Crippen LogP contribution in [0.25, 0.3) is 22.5 Å². The quantitative estimate of drug-likeness (QED) is 0.655. The summed E-state index contributed by atoms with van der Waals surface area (Å²) in [5, 5.41) is 31.7. The lowest BCUT2D eigenvalue weighted by atomic mass is 10.00. The smallest absolute Gasteiger partial charge is 0.185 e. The van der Waals surface area contributed by atoms with E-state index in [4.69, 9.17) is 4.74 Å². The predicted molar refractivity (Wildman–Crippen MR) is 88.4 cm³/mol. The van der Waals surface area contributed by atoms with E-state index in [1.165, 1.54) is 16.8 Å². The van der Waals surface area contributed by atoms with Crippen LogP contribution >= 0.6 is 0 Å². The summed E-state index contributed by atoms with van der Waals surface area (Å²) in [4.78, 5) is 0. The first kappa shape index (κ1) is 17.7. The zero-order valence-corrected chi connectivity index (χ0v) is 13.9. The highest BCUT2D eigenvalue weighted by Gasteiger charge is 2.19. The lowest BCUT2D eigenvalue weighted by Crippen LogP contribution is -2.05. The average Bonchev–Trinajstić information content (AvgIpc) is 3.04. The Balaban J connectivity index is 2.06. The first-order valence-corrected chi connectivity index (χ1v) is 7.78. The van der Waals surface area contributed by atoms with E-state index in [0.717, 1.165) is 18.2 Å². The number of ether oxygens (including phenoxy) is 1. The van der Waals surface area contributed by atoms with Gasteiger partial charge in [0.1, 0.15) is 23.1 Å². The summed E-state index contributed by atoms with van der Waals surface area (Å²) >= 11 is 0. The minimum atomic E-state index is -0.836. The summed E-state index contributed by atoms with van der Waals surface area (Å²) in [6.07, 6.45) is 0.646. The first-order valence-electron chi connectivity index (χ1n) is 7.78. The van der Waals surface area contributed by atoms with E-state index in [-0.39, 0.29) is 34.0 Å². The molecule has 0 atom stereocenters. The van der Waals surface area contributed by atoms with Crippen molar-refractivity contribution in [1.82, 2.24) is 20.2 Å². The monoisotopic (exact) mass is 362 g/mol. The zero-order valence-electron chi connectivity index (χ0n) is 13.9. The van der Waals surface area contributed by atoms with E-state index in [1.54, 1.807) is 7.11 Å². The number of rotatable bonds is 6. The molecule has 1 heterocycles. The van der Waals surface area contributed by atoms with Gasteiger partial charge in [-0.05, 0) is 35.0 Å². The number of phenolic OH excluding ortho intramolecular Hbond substituents is 2. The fraction of sp³-hybridized carbons (Fsp3) is 0.235. The van der Waals surface area contributed by atoms with Gasteiger partial charge in [0.15, 0.2) is 5.82 Å². The summed E-state index contributed by atoms with van der Waals surface area (Å²) < 4.78 is 33.7. The molecule has 0 aliphatic heterocycles. The van der Waals surface area contributed by atoms with E-state index in [2.05, 4.69) is 15.5 Å². The van der Waals surface area contributed by atoms with Crippen LogP contribution in [0.3, 0.4) is 0 Å². The van der Waals surface area contributed by atoms with Crippen LogP contribution in [0, 0.1) is 11.6 Å². The average molecular weight is 362 g/mol. The molecule has 136 valence electrons. The Bertz CT molecular complexity index is 930. The van der Waals surface area contributed by atoms with Crippen LogP contribution in [0.4, 0.5) is 8.78 Å². The van der Waals surface area contributed by atoms with E-state index in [1.807, 2.05) is 0 Å². The SMILES string of the molecule is COCCCn1nnnc1-c1cc(-c2ccc(F)cc2F)c(O)cc1O. The Kier molecular flexibility index (Phi) is 5.08. The molecule has 3 aromatic rings. The zero-order chi connectivity index (χ0) is 18.7. The first-order chi connectivity index (χ1) is 12.5. The number of benzene rings is 2. The molecule has 7 nitrogen and oxygen atoms in total. The third-order valence-electron chi connectivity index (χ3n) is 3.83.